The smallest absolute Gasteiger partial charge is 0.263 e. The molecular formula is C22H24N4O2S. The molecule has 1 fully saturated rings. The fourth-order valence-electron chi connectivity index (χ4n) is 3.35. The zero-order chi connectivity index (χ0) is 20.1. The number of rotatable bonds is 6. The first-order valence-electron chi connectivity index (χ1n) is 9.74. The molecule has 3 aromatic rings. The van der Waals surface area contributed by atoms with Crippen LogP contribution in [-0.2, 0) is 17.8 Å². The van der Waals surface area contributed by atoms with Gasteiger partial charge < -0.3 is 10.1 Å². The molecule has 1 aliphatic rings. The number of benzene rings is 1. The van der Waals surface area contributed by atoms with Gasteiger partial charge >= 0.3 is 0 Å². The van der Waals surface area contributed by atoms with Crippen LogP contribution in [0, 0.1) is 6.92 Å². The van der Waals surface area contributed by atoms with Crippen LogP contribution < -0.4 is 5.32 Å². The van der Waals surface area contributed by atoms with Crippen molar-refractivity contribution in [3.63, 3.8) is 0 Å². The summed E-state index contributed by atoms with van der Waals surface area (Å²) in [6.07, 6.45) is 1.73. The van der Waals surface area contributed by atoms with Crippen LogP contribution in [0.2, 0.25) is 0 Å². The highest BCUT2D eigenvalue weighted by Crippen LogP contribution is 2.26. The Morgan fingerprint density at radius 1 is 1.14 bits per heavy atom. The summed E-state index contributed by atoms with van der Waals surface area (Å²) >= 11 is 1.38. The summed E-state index contributed by atoms with van der Waals surface area (Å²) in [4.78, 5) is 24.7. The highest BCUT2D eigenvalue weighted by molar-refractivity contribution is 7.17. The second-order valence-corrected chi connectivity index (χ2v) is 7.99. The highest BCUT2D eigenvalue weighted by Gasteiger charge is 2.17. The third kappa shape index (κ3) is 4.87. The Kier molecular flexibility index (Phi) is 6.29. The number of ether oxygens (including phenoxy) is 1. The number of pyridine rings is 1. The van der Waals surface area contributed by atoms with Gasteiger partial charge in [0.05, 0.1) is 24.6 Å². The second kappa shape index (κ2) is 9.26. The fraction of sp³-hybridized carbons (Fsp3) is 0.318. The third-order valence-corrected chi connectivity index (χ3v) is 6.12. The fourth-order valence-corrected chi connectivity index (χ4v) is 4.31. The summed E-state index contributed by atoms with van der Waals surface area (Å²) in [6.45, 7) is 6.68. The molecule has 29 heavy (non-hydrogen) atoms. The minimum atomic E-state index is -0.0941. The number of amides is 1. The van der Waals surface area contributed by atoms with Gasteiger partial charge in [0.15, 0.2) is 0 Å². The number of hydrogen-bond acceptors (Lipinski definition) is 6. The van der Waals surface area contributed by atoms with Crippen molar-refractivity contribution in [1.82, 2.24) is 20.2 Å². The molecule has 6 nitrogen and oxygen atoms in total. The van der Waals surface area contributed by atoms with Gasteiger partial charge in [0.2, 0.25) is 0 Å². The molecule has 2 aromatic heterocycles. The summed E-state index contributed by atoms with van der Waals surface area (Å²) in [5.74, 6) is -0.0941. The minimum absolute atomic E-state index is 0.0941. The van der Waals surface area contributed by atoms with Gasteiger partial charge in [-0.25, -0.2) is 4.98 Å². The van der Waals surface area contributed by atoms with Gasteiger partial charge in [0, 0.05) is 32.4 Å². The molecule has 0 bridgehead atoms. The Balaban J connectivity index is 1.43. The van der Waals surface area contributed by atoms with E-state index in [1.54, 1.807) is 6.20 Å². The molecule has 0 aliphatic carbocycles. The summed E-state index contributed by atoms with van der Waals surface area (Å²) in [5.41, 5.74) is 3.90. The monoisotopic (exact) mass is 408 g/mol. The van der Waals surface area contributed by atoms with Crippen molar-refractivity contribution in [2.45, 2.75) is 20.0 Å². The lowest BCUT2D eigenvalue weighted by molar-refractivity contribution is 0.0340. The number of morpholine rings is 1. The number of hydrogen-bond donors (Lipinski definition) is 1. The third-order valence-electron chi connectivity index (χ3n) is 4.94. The lowest BCUT2D eigenvalue weighted by Crippen LogP contribution is -2.36. The van der Waals surface area contributed by atoms with E-state index in [2.05, 4.69) is 32.3 Å². The molecule has 150 valence electrons. The predicted molar refractivity (Wildman–Crippen MR) is 114 cm³/mol. The molecule has 7 heteroatoms. The van der Waals surface area contributed by atoms with Crippen molar-refractivity contribution in [3.05, 3.63) is 70.4 Å². The number of nitrogens with zero attached hydrogens (tertiary/aromatic N) is 3. The maximum Gasteiger partial charge on any atom is 0.263 e. The lowest BCUT2D eigenvalue weighted by Gasteiger charge is -2.27. The maximum atomic E-state index is 12.8. The van der Waals surface area contributed by atoms with Crippen LogP contribution in [0.1, 0.15) is 26.5 Å². The molecule has 4 rings (SSSR count). The molecule has 1 N–H and O–H groups in total. The zero-order valence-corrected chi connectivity index (χ0v) is 17.2. The van der Waals surface area contributed by atoms with Crippen LogP contribution in [0.3, 0.4) is 0 Å². The van der Waals surface area contributed by atoms with Crippen molar-refractivity contribution < 1.29 is 9.53 Å². The van der Waals surface area contributed by atoms with Gasteiger partial charge in [0.1, 0.15) is 9.88 Å². The van der Waals surface area contributed by atoms with E-state index in [0.717, 1.165) is 54.8 Å². The molecule has 0 saturated carbocycles. The van der Waals surface area contributed by atoms with E-state index in [9.17, 15) is 4.79 Å². The van der Waals surface area contributed by atoms with Crippen molar-refractivity contribution >= 4 is 17.2 Å². The first-order chi connectivity index (χ1) is 14.2. The Bertz CT molecular complexity index is 968. The van der Waals surface area contributed by atoms with E-state index in [1.807, 2.05) is 37.3 Å². The van der Waals surface area contributed by atoms with Gasteiger partial charge in [-0.3, -0.25) is 14.7 Å². The molecular weight excluding hydrogens is 384 g/mol. The largest absolute Gasteiger partial charge is 0.379 e. The molecule has 0 atom stereocenters. The number of nitrogens with one attached hydrogen (secondary N) is 1. The summed E-state index contributed by atoms with van der Waals surface area (Å²) < 4.78 is 5.43. The van der Waals surface area contributed by atoms with E-state index >= 15 is 0 Å². The topological polar surface area (TPSA) is 67.4 Å². The van der Waals surface area contributed by atoms with Gasteiger partial charge in [-0.05, 0) is 30.2 Å². The normalized spacial score (nSPS) is 14.7. The quantitative estimate of drug-likeness (QED) is 0.678. The number of aromatic nitrogens is 2. The lowest BCUT2D eigenvalue weighted by atomic mass is 10.1. The maximum absolute atomic E-state index is 12.8. The highest BCUT2D eigenvalue weighted by atomic mass is 32.1. The van der Waals surface area contributed by atoms with Gasteiger partial charge in [-0.2, -0.15) is 0 Å². The van der Waals surface area contributed by atoms with E-state index in [4.69, 9.17) is 4.74 Å². The van der Waals surface area contributed by atoms with Gasteiger partial charge in [0.25, 0.3) is 5.91 Å². The SMILES string of the molecule is Cc1nc(-c2ccccn2)sc1C(=O)NCc1ccccc1CN1CCOCC1. The van der Waals surface area contributed by atoms with Crippen LogP contribution >= 0.6 is 11.3 Å². The van der Waals surface area contributed by atoms with E-state index in [1.165, 1.54) is 16.9 Å². The number of carbonyl (C=O) groups is 1. The van der Waals surface area contributed by atoms with Crippen LogP contribution in [0.15, 0.2) is 48.7 Å². The average Bonchev–Trinajstić information content (AvgIpc) is 3.16. The molecule has 0 unspecified atom stereocenters. The number of thiazole rings is 1. The summed E-state index contributed by atoms with van der Waals surface area (Å²) in [7, 11) is 0. The van der Waals surface area contributed by atoms with Crippen LogP contribution in [0.5, 0.6) is 0 Å². The van der Waals surface area contributed by atoms with E-state index in [-0.39, 0.29) is 5.91 Å². The predicted octanol–water partition coefficient (Wildman–Crippen LogP) is 3.28. The summed E-state index contributed by atoms with van der Waals surface area (Å²) in [6, 6.07) is 14.0. The average molecular weight is 409 g/mol. The van der Waals surface area contributed by atoms with E-state index in [0.29, 0.717) is 11.4 Å². The van der Waals surface area contributed by atoms with E-state index < -0.39 is 0 Å². The molecule has 1 aromatic carbocycles. The Labute approximate surface area is 174 Å². The van der Waals surface area contributed by atoms with Crippen LogP contribution in [0.25, 0.3) is 10.7 Å². The first kappa shape index (κ1) is 19.7. The standard InChI is InChI=1S/C22H24N4O2S/c1-16-20(29-22(25-16)19-8-4-5-9-23-19)21(27)24-14-17-6-2-3-7-18(17)15-26-10-12-28-13-11-26/h2-9H,10-15H2,1H3,(H,24,27). The summed E-state index contributed by atoms with van der Waals surface area (Å²) in [5, 5.41) is 3.83. The molecule has 0 radical (unpaired) electrons. The molecule has 3 heterocycles. The molecule has 1 saturated heterocycles. The Hall–Kier alpha value is -2.61. The van der Waals surface area contributed by atoms with Crippen molar-refractivity contribution in [3.8, 4) is 10.7 Å². The van der Waals surface area contributed by atoms with Gasteiger partial charge in [-0.1, -0.05) is 30.3 Å². The Morgan fingerprint density at radius 2 is 1.90 bits per heavy atom. The first-order valence-corrected chi connectivity index (χ1v) is 10.6. The number of carbonyl (C=O) groups excluding carboxylic acids is 1. The van der Waals surface area contributed by atoms with Crippen LogP contribution in [0.4, 0.5) is 0 Å². The molecule has 1 aliphatic heterocycles. The molecule has 0 spiro atoms. The molecule has 1 amide bonds. The van der Waals surface area contributed by atoms with Crippen molar-refractivity contribution in [2.75, 3.05) is 26.3 Å². The number of aryl methyl sites for hydroxylation is 1. The second-order valence-electron chi connectivity index (χ2n) is 6.99. The van der Waals surface area contributed by atoms with Crippen molar-refractivity contribution in [1.29, 1.82) is 0 Å². The Morgan fingerprint density at radius 3 is 2.66 bits per heavy atom. The van der Waals surface area contributed by atoms with Crippen molar-refractivity contribution in [2.24, 2.45) is 0 Å². The zero-order valence-electron chi connectivity index (χ0n) is 16.4. The van der Waals surface area contributed by atoms with Gasteiger partial charge in [-0.15, -0.1) is 11.3 Å². The minimum Gasteiger partial charge on any atom is -0.379 e. The van der Waals surface area contributed by atoms with Crippen LogP contribution in [-0.4, -0.2) is 47.1 Å².